The summed E-state index contributed by atoms with van der Waals surface area (Å²) in [4.78, 5) is 12.0. The minimum atomic E-state index is -0.416. The van der Waals surface area contributed by atoms with Crippen LogP contribution in [-0.4, -0.2) is 21.4 Å². The summed E-state index contributed by atoms with van der Waals surface area (Å²) >= 11 is 1.20. The molecule has 1 aromatic rings. The molecule has 1 unspecified atom stereocenters. The van der Waals surface area contributed by atoms with Gasteiger partial charge in [0.15, 0.2) is 0 Å². The Balaban J connectivity index is 1.80. The molecule has 0 aliphatic rings. The minimum Gasteiger partial charge on any atom is -0.321 e. The summed E-state index contributed by atoms with van der Waals surface area (Å²) in [5.74, 6) is -0.0656. The average Bonchev–Trinajstić information content (AvgIpc) is 3.18. The second-order valence-corrected chi connectivity index (χ2v) is 8.11. The van der Waals surface area contributed by atoms with E-state index < -0.39 is 6.04 Å². The SMILES string of the molecule is CCCCCCCCCCCCCCCCCC(N)C(=O)c1csnn1. The highest BCUT2D eigenvalue weighted by molar-refractivity contribution is 7.03. The number of carbonyl (C=O) groups is 1. The van der Waals surface area contributed by atoms with E-state index >= 15 is 0 Å². The van der Waals surface area contributed by atoms with Gasteiger partial charge in [-0.05, 0) is 18.0 Å². The molecule has 150 valence electrons. The third-order valence-corrected chi connectivity index (χ3v) is 5.57. The van der Waals surface area contributed by atoms with Crippen LogP contribution in [0, 0.1) is 0 Å². The molecule has 0 radical (unpaired) electrons. The number of rotatable bonds is 18. The van der Waals surface area contributed by atoms with Gasteiger partial charge in [-0.1, -0.05) is 108 Å². The lowest BCUT2D eigenvalue weighted by atomic mass is 10.0. The summed E-state index contributed by atoms with van der Waals surface area (Å²) in [5, 5.41) is 5.47. The molecule has 2 N–H and O–H groups in total. The number of aromatic nitrogens is 2. The van der Waals surface area contributed by atoms with Crippen molar-refractivity contribution in [3.63, 3.8) is 0 Å². The molecule has 0 fully saturated rings. The zero-order chi connectivity index (χ0) is 18.9. The lowest BCUT2D eigenvalue weighted by Gasteiger charge is -2.08. The second-order valence-electron chi connectivity index (χ2n) is 7.50. The maximum absolute atomic E-state index is 12.0. The fraction of sp³-hybridized carbons (Fsp3) is 0.857. The van der Waals surface area contributed by atoms with E-state index in [1.807, 2.05) is 0 Å². The predicted molar refractivity (Wildman–Crippen MR) is 112 cm³/mol. The first-order valence-corrected chi connectivity index (χ1v) is 11.7. The molecule has 1 rings (SSSR count). The van der Waals surface area contributed by atoms with Gasteiger partial charge in [0.1, 0.15) is 5.69 Å². The summed E-state index contributed by atoms with van der Waals surface area (Å²) in [7, 11) is 0. The van der Waals surface area contributed by atoms with Gasteiger partial charge in [0.25, 0.3) is 0 Å². The molecule has 0 amide bonds. The van der Waals surface area contributed by atoms with Crippen LogP contribution in [0.4, 0.5) is 0 Å². The van der Waals surface area contributed by atoms with Crippen molar-refractivity contribution in [2.75, 3.05) is 0 Å². The average molecular weight is 382 g/mol. The maximum Gasteiger partial charge on any atom is 0.200 e. The first-order chi connectivity index (χ1) is 12.8. The minimum absolute atomic E-state index is 0.0656. The Bertz CT molecular complexity index is 436. The Morgan fingerprint density at radius 1 is 0.885 bits per heavy atom. The van der Waals surface area contributed by atoms with Crippen LogP contribution in [0.5, 0.6) is 0 Å². The lowest BCUT2D eigenvalue weighted by molar-refractivity contribution is 0.0951. The van der Waals surface area contributed by atoms with E-state index in [0.717, 1.165) is 12.8 Å². The van der Waals surface area contributed by atoms with Crippen molar-refractivity contribution in [3.8, 4) is 0 Å². The Hall–Kier alpha value is -0.810. The van der Waals surface area contributed by atoms with E-state index in [0.29, 0.717) is 5.69 Å². The smallest absolute Gasteiger partial charge is 0.200 e. The van der Waals surface area contributed by atoms with Gasteiger partial charge in [-0.2, -0.15) is 0 Å². The monoisotopic (exact) mass is 381 g/mol. The lowest BCUT2D eigenvalue weighted by Crippen LogP contribution is -2.30. The number of carbonyl (C=O) groups excluding carboxylic acids is 1. The van der Waals surface area contributed by atoms with Crippen molar-refractivity contribution >= 4 is 17.3 Å². The number of hydrogen-bond acceptors (Lipinski definition) is 5. The standard InChI is InChI=1S/C21H39N3OS/c1-2-3-4-5-6-7-8-9-10-11-12-13-14-15-16-17-19(22)21(25)20-18-26-24-23-20/h18-19H,2-17,22H2,1H3. The summed E-state index contributed by atoms with van der Waals surface area (Å²) in [6.07, 6.45) is 21.0. The van der Waals surface area contributed by atoms with Crippen LogP contribution in [0.2, 0.25) is 0 Å². The van der Waals surface area contributed by atoms with Gasteiger partial charge in [0, 0.05) is 5.38 Å². The van der Waals surface area contributed by atoms with Crippen LogP contribution in [-0.2, 0) is 0 Å². The number of ketones is 1. The molecule has 0 saturated carbocycles. The largest absolute Gasteiger partial charge is 0.321 e. The zero-order valence-electron chi connectivity index (χ0n) is 16.8. The fourth-order valence-corrected chi connectivity index (χ4v) is 3.77. The maximum atomic E-state index is 12.0. The molecule has 26 heavy (non-hydrogen) atoms. The Morgan fingerprint density at radius 2 is 1.35 bits per heavy atom. The Morgan fingerprint density at radius 3 is 1.77 bits per heavy atom. The summed E-state index contributed by atoms with van der Waals surface area (Å²) in [6, 6.07) is -0.416. The molecule has 0 aromatic carbocycles. The number of hydrogen-bond donors (Lipinski definition) is 1. The van der Waals surface area contributed by atoms with Crippen molar-refractivity contribution in [2.24, 2.45) is 5.73 Å². The quantitative estimate of drug-likeness (QED) is 0.239. The van der Waals surface area contributed by atoms with E-state index in [1.54, 1.807) is 5.38 Å². The molecule has 0 spiro atoms. The molecule has 1 heterocycles. The molecule has 4 nitrogen and oxygen atoms in total. The van der Waals surface area contributed by atoms with Crippen molar-refractivity contribution in [3.05, 3.63) is 11.1 Å². The third kappa shape index (κ3) is 11.7. The highest BCUT2D eigenvalue weighted by Gasteiger charge is 2.17. The van der Waals surface area contributed by atoms with Crippen molar-refractivity contribution in [1.82, 2.24) is 9.59 Å². The zero-order valence-corrected chi connectivity index (χ0v) is 17.6. The number of unbranched alkanes of at least 4 members (excludes halogenated alkanes) is 14. The van der Waals surface area contributed by atoms with Gasteiger partial charge in [-0.15, -0.1) is 5.10 Å². The van der Waals surface area contributed by atoms with Gasteiger partial charge in [-0.25, -0.2) is 0 Å². The molecule has 0 bridgehead atoms. The van der Waals surface area contributed by atoms with E-state index in [9.17, 15) is 4.79 Å². The highest BCUT2D eigenvalue weighted by Crippen LogP contribution is 2.14. The van der Waals surface area contributed by atoms with Crippen LogP contribution in [0.1, 0.15) is 120 Å². The van der Waals surface area contributed by atoms with E-state index in [4.69, 9.17) is 5.73 Å². The summed E-state index contributed by atoms with van der Waals surface area (Å²) < 4.78 is 3.72. The van der Waals surface area contributed by atoms with Crippen LogP contribution in [0.3, 0.4) is 0 Å². The first kappa shape index (κ1) is 23.2. The number of Topliss-reactive ketones (excluding diaryl/α,β-unsaturated/α-hetero) is 1. The Labute approximate surface area is 164 Å². The van der Waals surface area contributed by atoms with Gasteiger partial charge in [0.05, 0.1) is 6.04 Å². The number of nitrogens with two attached hydrogens (primary N) is 1. The van der Waals surface area contributed by atoms with Crippen molar-refractivity contribution < 1.29 is 4.79 Å². The van der Waals surface area contributed by atoms with Gasteiger partial charge in [0.2, 0.25) is 5.78 Å². The third-order valence-electron chi connectivity index (χ3n) is 5.07. The normalized spacial score (nSPS) is 12.4. The summed E-state index contributed by atoms with van der Waals surface area (Å²) in [6.45, 7) is 2.28. The predicted octanol–water partition coefficient (Wildman–Crippen LogP) is 6.31. The first-order valence-electron chi connectivity index (χ1n) is 10.8. The number of nitrogens with zero attached hydrogens (tertiary/aromatic N) is 2. The van der Waals surface area contributed by atoms with Gasteiger partial charge in [-0.3, -0.25) is 4.79 Å². The van der Waals surface area contributed by atoms with Crippen LogP contribution >= 0.6 is 11.5 Å². The van der Waals surface area contributed by atoms with Crippen LogP contribution in [0.15, 0.2) is 5.38 Å². The Kier molecular flexibility index (Phi) is 14.6. The second kappa shape index (κ2) is 16.4. The molecular formula is C21H39N3OS. The molecule has 1 atom stereocenters. The summed E-state index contributed by atoms with van der Waals surface area (Å²) in [5.41, 5.74) is 6.37. The fourth-order valence-electron chi connectivity index (χ4n) is 3.33. The molecular weight excluding hydrogens is 342 g/mol. The topological polar surface area (TPSA) is 68.9 Å². The van der Waals surface area contributed by atoms with E-state index in [2.05, 4.69) is 16.5 Å². The molecule has 0 aliphatic carbocycles. The van der Waals surface area contributed by atoms with Crippen molar-refractivity contribution in [1.29, 1.82) is 0 Å². The van der Waals surface area contributed by atoms with E-state index in [-0.39, 0.29) is 5.78 Å². The molecule has 5 heteroatoms. The molecule has 1 aromatic heterocycles. The van der Waals surface area contributed by atoms with E-state index in [1.165, 1.54) is 101 Å². The van der Waals surface area contributed by atoms with Gasteiger partial charge < -0.3 is 5.73 Å². The molecule has 0 aliphatic heterocycles. The van der Waals surface area contributed by atoms with Gasteiger partial charge >= 0.3 is 0 Å². The van der Waals surface area contributed by atoms with Crippen molar-refractivity contribution in [2.45, 2.75) is 116 Å². The highest BCUT2D eigenvalue weighted by atomic mass is 32.1. The van der Waals surface area contributed by atoms with Crippen LogP contribution < -0.4 is 5.73 Å². The molecule has 0 saturated heterocycles. The van der Waals surface area contributed by atoms with Crippen LogP contribution in [0.25, 0.3) is 0 Å².